The lowest BCUT2D eigenvalue weighted by Gasteiger charge is -2.09. The molecule has 0 aromatic carbocycles. The van der Waals surface area contributed by atoms with Gasteiger partial charge in [0, 0.05) is 20.0 Å². The fraction of sp³-hybridized carbons (Fsp3) is 0.545. The van der Waals surface area contributed by atoms with Gasteiger partial charge in [-0.3, -0.25) is 0 Å². The zero-order valence-electron chi connectivity index (χ0n) is 11.7. The summed E-state index contributed by atoms with van der Waals surface area (Å²) in [6, 6.07) is 0.216. The summed E-state index contributed by atoms with van der Waals surface area (Å²) < 4.78 is 7.26. The highest BCUT2D eigenvalue weighted by molar-refractivity contribution is 5.32. The number of rotatable bonds is 6. The van der Waals surface area contributed by atoms with Gasteiger partial charge in [0.15, 0.2) is 0 Å². The molecule has 2 heterocycles. The SMILES string of the molecule is CC(C)Oc1nc(N)nc(NCCc2nncn2C)n1. The molecule has 2 aromatic rings. The molecule has 2 rings (SSSR count). The standard InChI is InChI=1S/C11H18N8O/c1-7(2)20-11-16-9(12)15-10(17-11)13-5-4-8-18-14-6-19(8)3/h6-7H,4-5H2,1-3H3,(H3,12,13,15,16,17). The van der Waals surface area contributed by atoms with Crippen molar-refractivity contribution in [2.24, 2.45) is 7.05 Å². The van der Waals surface area contributed by atoms with Gasteiger partial charge in [0.1, 0.15) is 12.2 Å². The van der Waals surface area contributed by atoms with Gasteiger partial charge in [0.25, 0.3) is 0 Å². The second-order valence-electron chi connectivity index (χ2n) is 4.50. The monoisotopic (exact) mass is 278 g/mol. The fourth-order valence-electron chi connectivity index (χ4n) is 1.53. The van der Waals surface area contributed by atoms with Crippen LogP contribution in [-0.2, 0) is 13.5 Å². The van der Waals surface area contributed by atoms with Crippen LogP contribution in [0.2, 0.25) is 0 Å². The van der Waals surface area contributed by atoms with E-state index in [4.69, 9.17) is 10.5 Å². The van der Waals surface area contributed by atoms with Crippen molar-refractivity contribution >= 4 is 11.9 Å². The van der Waals surface area contributed by atoms with Crippen LogP contribution >= 0.6 is 0 Å². The lowest BCUT2D eigenvalue weighted by Crippen LogP contribution is -2.15. The van der Waals surface area contributed by atoms with Crippen molar-refractivity contribution in [2.45, 2.75) is 26.4 Å². The van der Waals surface area contributed by atoms with Gasteiger partial charge in [-0.05, 0) is 13.8 Å². The lowest BCUT2D eigenvalue weighted by molar-refractivity contribution is 0.222. The zero-order chi connectivity index (χ0) is 14.5. The Hall–Kier alpha value is -2.45. The van der Waals surface area contributed by atoms with Crippen LogP contribution in [0.5, 0.6) is 6.01 Å². The summed E-state index contributed by atoms with van der Waals surface area (Å²) in [4.78, 5) is 12.1. The molecule has 0 radical (unpaired) electrons. The van der Waals surface area contributed by atoms with E-state index in [1.54, 1.807) is 6.33 Å². The van der Waals surface area contributed by atoms with E-state index in [1.165, 1.54) is 0 Å². The van der Waals surface area contributed by atoms with Crippen LogP contribution in [0.4, 0.5) is 11.9 Å². The van der Waals surface area contributed by atoms with Crippen LogP contribution in [0, 0.1) is 0 Å². The van der Waals surface area contributed by atoms with Gasteiger partial charge in [-0.15, -0.1) is 10.2 Å². The van der Waals surface area contributed by atoms with Gasteiger partial charge in [-0.1, -0.05) is 0 Å². The van der Waals surface area contributed by atoms with Crippen molar-refractivity contribution < 1.29 is 4.74 Å². The van der Waals surface area contributed by atoms with Crippen molar-refractivity contribution in [3.8, 4) is 6.01 Å². The topological polar surface area (TPSA) is 117 Å². The number of aryl methyl sites for hydroxylation is 1. The number of hydrogen-bond donors (Lipinski definition) is 2. The molecule has 0 atom stereocenters. The third-order valence-electron chi connectivity index (χ3n) is 2.41. The molecule has 0 aliphatic heterocycles. The maximum absolute atomic E-state index is 5.62. The smallest absolute Gasteiger partial charge is 0.323 e. The van der Waals surface area contributed by atoms with Crippen molar-refractivity contribution in [3.05, 3.63) is 12.2 Å². The Balaban J connectivity index is 1.95. The third kappa shape index (κ3) is 3.77. The largest absolute Gasteiger partial charge is 0.461 e. The van der Waals surface area contributed by atoms with E-state index in [1.807, 2.05) is 25.5 Å². The highest BCUT2D eigenvalue weighted by Gasteiger charge is 2.07. The molecule has 0 spiro atoms. The molecule has 3 N–H and O–H groups in total. The first-order chi connectivity index (χ1) is 9.54. The average molecular weight is 278 g/mol. The van der Waals surface area contributed by atoms with Crippen LogP contribution in [0.3, 0.4) is 0 Å². The predicted octanol–water partition coefficient (Wildman–Crippen LogP) is 0.0241. The van der Waals surface area contributed by atoms with Gasteiger partial charge in [-0.25, -0.2) is 0 Å². The number of hydrogen-bond acceptors (Lipinski definition) is 8. The Morgan fingerprint density at radius 2 is 2.15 bits per heavy atom. The number of ether oxygens (including phenoxy) is 1. The molecule has 0 bridgehead atoms. The molecule has 0 aliphatic carbocycles. The number of nitrogens with zero attached hydrogens (tertiary/aromatic N) is 6. The zero-order valence-corrected chi connectivity index (χ0v) is 11.7. The van der Waals surface area contributed by atoms with E-state index in [0.717, 1.165) is 5.82 Å². The Morgan fingerprint density at radius 3 is 2.80 bits per heavy atom. The molecule has 0 saturated carbocycles. The van der Waals surface area contributed by atoms with Crippen molar-refractivity contribution in [1.29, 1.82) is 0 Å². The van der Waals surface area contributed by atoms with E-state index < -0.39 is 0 Å². The number of aromatic nitrogens is 6. The third-order valence-corrected chi connectivity index (χ3v) is 2.41. The minimum absolute atomic E-state index is 0.0247. The molecular formula is C11H18N8O. The molecule has 0 aliphatic rings. The number of nitrogens with one attached hydrogen (secondary N) is 1. The van der Waals surface area contributed by atoms with Crippen LogP contribution < -0.4 is 15.8 Å². The summed E-state index contributed by atoms with van der Waals surface area (Å²) in [6.07, 6.45) is 2.33. The van der Waals surface area contributed by atoms with Crippen LogP contribution in [0.15, 0.2) is 6.33 Å². The molecule has 0 saturated heterocycles. The summed E-state index contributed by atoms with van der Waals surface area (Å²) in [5, 5.41) is 10.9. The second-order valence-corrected chi connectivity index (χ2v) is 4.50. The summed E-state index contributed by atoms with van der Waals surface area (Å²) in [5.74, 6) is 1.38. The highest BCUT2D eigenvalue weighted by Crippen LogP contribution is 2.10. The van der Waals surface area contributed by atoms with Crippen molar-refractivity contribution in [3.63, 3.8) is 0 Å². The lowest BCUT2D eigenvalue weighted by atomic mass is 10.4. The van der Waals surface area contributed by atoms with Crippen LogP contribution in [0.1, 0.15) is 19.7 Å². The van der Waals surface area contributed by atoms with Gasteiger partial charge in [0.2, 0.25) is 11.9 Å². The Bertz CT molecular complexity index is 567. The first kappa shape index (κ1) is 14.0. The minimum atomic E-state index is -0.0247. The van der Waals surface area contributed by atoms with Gasteiger partial charge in [0.05, 0.1) is 6.10 Å². The normalized spacial score (nSPS) is 10.8. The van der Waals surface area contributed by atoms with Gasteiger partial charge >= 0.3 is 6.01 Å². The van der Waals surface area contributed by atoms with E-state index in [0.29, 0.717) is 18.9 Å². The molecular weight excluding hydrogens is 260 g/mol. The summed E-state index contributed by atoms with van der Waals surface area (Å²) >= 11 is 0. The van der Waals surface area contributed by atoms with E-state index in [-0.39, 0.29) is 18.1 Å². The highest BCUT2D eigenvalue weighted by atomic mass is 16.5. The molecule has 9 nitrogen and oxygen atoms in total. The van der Waals surface area contributed by atoms with Crippen LogP contribution in [-0.4, -0.2) is 42.4 Å². The number of anilines is 2. The molecule has 0 fully saturated rings. The second kappa shape index (κ2) is 6.13. The molecule has 108 valence electrons. The fourth-order valence-corrected chi connectivity index (χ4v) is 1.53. The summed E-state index contributed by atoms with van der Waals surface area (Å²) in [6.45, 7) is 4.39. The molecule has 2 aromatic heterocycles. The van der Waals surface area contributed by atoms with E-state index in [9.17, 15) is 0 Å². The van der Waals surface area contributed by atoms with Crippen LogP contribution in [0.25, 0.3) is 0 Å². The Labute approximate surface area is 116 Å². The van der Waals surface area contributed by atoms with E-state index >= 15 is 0 Å². The first-order valence-corrected chi connectivity index (χ1v) is 6.29. The summed E-state index contributed by atoms with van der Waals surface area (Å²) in [7, 11) is 1.89. The Kier molecular flexibility index (Phi) is 4.28. The molecule has 0 unspecified atom stereocenters. The average Bonchev–Trinajstić information content (AvgIpc) is 2.73. The molecule has 20 heavy (non-hydrogen) atoms. The summed E-state index contributed by atoms with van der Waals surface area (Å²) in [5.41, 5.74) is 5.62. The van der Waals surface area contributed by atoms with Crippen molar-refractivity contribution in [2.75, 3.05) is 17.6 Å². The van der Waals surface area contributed by atoms with E-state index in [2.05, 4.69) is 30.5 Å². The predicted molar refractivity (Wildman–Crippen MR) is 73.2 cm³/mol. The van der Waals surface area contributed by atoms with Gasteiger partial charge < -0.3 is 20.4 Å². The first-order valence-electron chi connectivity index (χ1n) is 6.29. The number of nitrogens with two attached hydrogens (primary N) is 1. The molecule has 9 heteroatoms. The molecule has 0 amide bonds. The number of nitrogen functional groups attached to an aromatic ring is 1. The quantitative estimate of drug-likeness (QED) is 0.759. The van der Waals surface area contributed by atoms with Gasteiger partial charge in [-0.2, -0.15) is 15.0 Å². The van der Waals surface area contributed by atoms with Crippen molar-refractivity contribution in [1.82, 2.24) is 29.7 Å². The maximum Gasteiger partial charge on any atom is 0.323 e. The maximum atomic E-state index is 5.62. The minimum Gasteiger partial charge on any atom is -0.461 e. The Morgan fingerprint density at radius 1 is 1.35 bits per heavy atom.